The van der Waals surface area contributed by atoms with Crippen LogP contribution in [0.25, 0.3) is 0 Å². The highest BCUT2D eigenvalue weighted by Crippen LogP contribution is 2.13. The molecule has 1 aliphatic rings. The van der Waals surface area contributed by atoms with Crippen LogP contribution in [0.5, 0.6) is 0 Å². The first kappa shape index (κ1) is 13.5. The number of nitrogens with two attached hydrogens (primary N) is 1. The van der Waals surface area contributed by atoms with Crippen LogP contribution in [0.4, 0.5) is 0 Å². The summed E-state index contributed by atoms with van der Waals surface area (Å²) < 4.78 is 0. The largest absolute Gasteiger partial charge is 0.329 e. The van der Waals surface area contributed by atoms with Crippen LogP contribution in [0.3, 0.4) is 0 Å². The molecule has 0 spiro atoms. The third kappa shape index (κ3) is 3.31. The molecule has 2 rings (SSSR count). The number of nitrogens with zero attached hydrogens (tertiary/aromatic N) is 2. The summed E-state index contributed by atoms with van der Waals surface area (Å²) in [7, 11) is 2.18. The Bertz CT molecular complexity index is 361. The van der Waals surface area contributed by atoms with Crippen molar-refractivity contribution in [3.63, 3.8) is 0 Å². The second-order valence-electron chi connectivity index (χ2n) is 5.29. The van der Waals surface area contributed by atoms with Gasteiger partial charge in [-0.05, 0) is 24.6 Å². The second kappa shape index (κ2) is 6.32. The average molecular weight is 247 g/mol. The third-order valence-corrected chi connectivity index (χ3v) is 3.90. The highest BCUT2D eigenvalue weighted by Gasteiger charge is 2.23. The standard InChI is InChI=1S/C15H25N3/c1-3-13-4-6-14(7-5-13)11-18-9-8-17(2)12-15(18)10-16/h4-7,15H,3,8-12,16H2,1-2H3. The summed E-state index contributed by atoms with van der Waals surface area (Å²) in [6.07, 6.45) is 1.11. The number of piperazine rings is 1. The minimum absolute atomic E-state index is 0.495. The van der Waals surface area contributed by atoms with Gasteiger partial charge in [-0.3, -0.25) is 4.90 Å². The smallest absolute Gasteiger partial charge is 0.0349 e. The minimum Gasteiger partial charge on any atom is -0.329 e. The fourth-order valence-electron chi connectivity index (χ4n) is 2.59. The van der Waals surface area contributed by atoms with Gasteiger partial charge in [-0.2, -0.15) is 0 Å². The number of rotatable bonds is 4. The van der Waals surface area contributed by atoms with Gasteiger partial charge in [-0.25, -0.2) is 0 Å². The van der Waals surface area contributed by atoms with Gasteiger partial charge in [0.1, 0.15) is 0 Å². The molecule has 0 saturated carbocycles. The molecule has 3 heteroatoms. The van der Waals surface area contributed by atoms with E-state index in [1.807, 2.05) is 0 Å². The third-order valence-electron chi connectivity index (χ3n) is 3.90. The summed E-state index contributed by atoms with van der Waals surface area (Å²) in [5.41, 5.74) is 8.69. The Morgan fingerprint density at radius 2 is 1.83 bits per heavy atom. The van der Waals surface area contributed by atoms with Crippen molar-refractivity contribution in [2.24, 2.45) is 5.73 Å². The molecule has 100 valence electrons. The Balaban J connectivity index is 1.98. The first-order chi connectivity index (χ1) is 8.72. The first-order valence-corrected chi connectivity index (χ1v) is 6.93. The number of benzene rings is 1. The summed E-state index contributed by atoms with van der Waals surface area (Å²) in [5.74, 6) is 0. The molecule has 1 saturated heterocycles. The molecule has 18 heavy (non-hydrogen) atoms. The second-order valence-corrected chi connectivity index (χ2v) is 5.29. The molecule has 0 aromatic heterocycles. The van der Waals surface area contributed by atoms with E-state index < -0.39 is 0 Å². The van der Waals surface area contributed by atoms with Crippen LogP contribution < -0.4 is 5.73 Å². The molecule has 3 nitrogen and oxygen atoms in total. The van der Waals surface area contributed by atoms with Gasteiger partial charge in [0, 0.05) is 38.8 Å². The monoisotopic (exact) mass is 247 g/mol. The van der Waals surface area contributed by atoms with Gasteiger partial charge in [0.15, 0.2) is 0 Å². The van der Waals surface area contributed by atoms with E-state index in [2.05, 4.69) is 48.0 Å². The van der Waals surface area contributed by atoms with Crippen LogP contribution in [-0.4, -0.2) is 49.1 Å². The zero-order chi connectivity index (χ0) is 13.0. The molecule has 0 bridgehead atoms. The van der Waals surface area contributed by atoms with Gasteiger partial charge in [0.05, 0.1) is 0 Å². The molecular formula is C15H25N3. The summed E-state index contributed by atoms with van der Waals surface area (Å²) in [5, 5.41) is 0. The fraction of sp³-hybridized carbons (Fsp3) is 0.600. The lowest BCUT2D eigenvalue weighted by atomic mass is 10.1. The number of hydrogen-bond acceptors (Lipinski definition) is 3. The predicted molar refractivity (Wildman–Crippen MR) is 76.6 cm³/mol. The molecule has 0 radical (unpaired) electrons. The Kier molecular flexibility index (Phi) is 4.75. The molecule has 2 N–H and O–H groups in total. The normalized spacial score (nSPS) is 22.3. The van der Waals surface area contributed by atoms with Crippen molar-refractivity contribution in [2.45, 2.75) is 25.9 Å². The Labute approximate surface area is 111 Å². The maximum Gasteiger partial charge on any atom is 0.0349 e. The van der Waals surface area contributed by atoms with Crippen LogP contribution in [0.1, 0.15) is 18.1 Å². The molecule has 1 heterocycles. The Morgan fingerprint density at radius 1 is 1.17 bits per heavy atom. The summed E-state index contributed by atoms with van der Waals surface area (Å²) in [6.45, 7) is 7.32. The maximum absolute atomic E-state index is 5.89. The van der Waals surface area contributed by atoms with Gasteiger partial charge >= 0.3 is 0 Å². The van der Waals surface area contributed by atoms with Gasteiger partial charge in [-0.15, -0.1) is 0 Å². The number of hydrogen-bond donors (Lipinski definition) is 1. The molecule has 1 fully saturated rings. The Morgan fingerprint density at radius 3 is 2.44 bits per heavy atom. The molecule has 1 unspecified atom stereocenters. The minimum atomic E-state index is 0.495. The molecule has 0 aliphatic carbocycles. The number of aryl methyl sites for hydroxylation is 1. The average Bonchev–Trinajstić information content (AvgIpc) is 2.41. The molecule has 1 aliphatic heterocycles. The quantitative estimate of drug-likeness (QED) is 0.871. The van der Waals surface area contributed by atoms with Crippen LogP contribution >= 0.6 is 0 Å². The maximum atomic E-state index is 5.89. The first-order valence-electron chi connectivity index (χ1n) is 6.93. The van der Waals surface area contributed by atoms with Crippen LogP contribution in [0.15, 0.2) is 24.3 Å². The van der Waals surface area contributed by atoms with Gasteiger partial charge < -0.3 is 10.6 Å². The highest BCUT2D eigenvalue weighted by molar-refractivity contribution is 5.22. The van der Waals surface area contributed by atoms with Gasteiger partial charge in [0.25, 0.3) is 0 Å². The van der Waals surface area contributed by atoms with E-state index >= 15 is 0 Å². The zero-order valence-electron chi connectivity index (χ0n) is 11.6. The van der Waals surface area contributed by atoms with E-state index in [0.717, 1.165) is 39.1 Å². The van der Waals surface area contributed by atoms with Crippen LogP contribution in [0, 0.1) is 0 Å². The highest BCUT2D eigenvalue weighted by atomic mass is 15.3. The fourth-order valence-corrected chi connectivity index (χ4v) is 2.59. The van der Waals surface area contributed by atoms with Crippen molar-refractivity contribution >= 4 is 0 Å². The molecule has 0 amide bonds. The number of likely N-dealkylation sites (N-methyl/N-ethyl adjacent to an activating group) is 1. The van der Waals surface area contributed by atoms with Crippen molar-refractivity contribution in [1.82, 2.24) is 9.80 Å². The lowest BCUT2D eigenvalue weighted by Crippen LogP contribution is -2.54. The van der Waals surface area contributed by atoms with E-state index in [4.69, 9.17) is 5.73 Å². The van der Waals surface area contributed by atoms with E-state index in [1.165, 1.54) is 11.1 Å². The lowest BCUT2D eigenvalue weighted by molar-refractivity contribution is 0.0881. The molecule has 1 aromatic carbocycles. The zero-order valence-corrected chi connectivity index (χ0v) is 11.6. The van der Waals surface area contributed by atoms with Gasteiger partial charge in [-0.1, -0.05) is 31.2 Å². The topological polar surface area (TPSA) is 32.5 Å². The van der Waals surface area contributed by atoms with Gasteiger partial charge in [0.2, 0.25) is 0 Å². The summed E-state index contributed by atoms with van der Waals surface area (Å²) in [6, 6.07) is 9.48. The van der Waals surface area contributed by atoms with E-state index in [-0.39, 0.29) is 0 Å². The SMILES string of the molecule is CCc1ccc(CN2CCN(C)CC2CN)cc1. The summed E-state index contributed by atoms with van der Waals surface area (Å²) in [4.78, 5) is 4.88. The Hall–Kier alpha value is -0.900. The molecular weight excluding hydrogens is 222 g/mol. The predicted octanol–water partition coefficient (Wildman–Crippen LogP) is 1.32. The van der Waals surface area contributed by atoms with E-state index in [0.29, 0.717) is 6.04 Å². The van der Waals surface area contributed by atoms with Crippen molar-refractivity contribution in [3.05, 3.63) is 35.4 Å². The van der Waals surface area contributed by atoms with E-state index in [1.54, 1.807) is 0 Å². The van der Waals surface area contributed by atoms with Crippen molar-refractivity contribution < 1.29 is 0 Å². The van der Waals surface area contributed by atoms with Crippen molar-refractivity contribution in [2.75, 3.05) is 33.2 Å². The molecule has 1 atom stereocenters. The van der Waals surface area contributed by atoms with E-state index in [9.17, 15) is 0 Å². The summed E-state index contributed by atoms with van der Waals surface area (Å²) >= 11 is 0. The van der Waals surface area contributed by atoms with Crippen molar-refractivity contribution in [3.8, 4) is 0 Å². The lowest BCUT2D eigenvalue weighted by Gasteiger charge is -2.39. The van der Waals surface area contributed by atoms with Crippen molar-refractivity contribution in [1.29, 1.82) is 0 Å². The van der Waals surface area contributed by atoms with Crippen LogP contribution in [0.2, 0.25) is 0 Å². The van der Waals surface area contributed by atoms with Crippen LogP contribution in [-0.2, 0) is 13.0 Å². The molecule has 1 aromatic rings.